The van der Waals surface area contributed by atoms with E-state index in [1.165, 1.54) is 6.07 Å². The molecule has 1 aliphatic rings. The van der Waals surface area contributed by atoms with Gasteiger partial charge in [0.05, 0.1) is 11.1 Å². The van der Waals surface area contributed by atoms with Crippen LogP contribution in [0.3, 0.4) is 0 Å². The maximum atomic E-state index is 13.5. The molecule has 0 fully saturated rings. The van der Waals surface area contributed by atoms with Crippen LogP contribution in [0, 0.1) is 0 Å². The van der Waals surface area contributed by atoms with Crippen LogP contribution < -0.4 is 10.9 Å². The Morgan fingerprint density at radius 1 is 0.971 bits per heavy atom. The lowest BCUT2D eigenvalue weighted by Gasteiger charge is -2.18. The predicted octanol–water partition coefficient (Wildman–Crippen LogP) is 3.00. The van der Waals surface area contributed by atoms with E-state index in [-0.39, 0.29) is 10.7 Å². The van der Waals surface area contributed by atoms with Crippen LogP contribution in [0.25, 0.3) is 16.8 Å². The minimum Gasteiger partial charge on any atom is -0.326 e. The van der Waals surface area contributed by atoms with Gasteiger partial charge in [-0.25, -0.2) is 18.5 Å². The summed E-state index contributed by atoms with van der Waals surface area (Å²) in [6.07, 6.45) is 3.22. The van der Waals surface area contributed by atoms with Gasteiger partial charge in [0, 0.05) is 17.8 Å². The fraction of sp³-hybridized carbons (Fsp3) is 0.0800. The zero-order valence-electron chi connectivity index (χ0n) is 18.0. The zero-order valence-corrected chi connectivity index (χ0v) is 18.8. The lowest BCUT2D eigenvalue weighted by Crippen LogP contribution is -2.20. The molecule has 34 heavy (non-hydrogen) atoms. The minimum absolute atomic E-state index is 0.0442. The van der Waals surface area contributed by atoms with E-state index in [2.05, 4.69) is 9.98 Å². The molecule has 8 nitrogen and oxygen atoms in total. The van der Waals surface area contributed by atoms with Gasteiger partial charge in [0.25, 0.3) is 0 Å². The average molecular weight is 472 g/mol. The van der Waals surface area contributed by atoms with Crippen molar-refractivity contribution in [2.75, 3.05) is 0 Å². The first-order valence-electron chi connectivity index (χ1n) is 10.5. The summed E-state index contributed by atoms with van der Waals surface area (Å²) in [7, 11) is -3.88. The van der Waals surface area contributed by atoms with Gasteiger partial charge in [-0.2, -0.15) is 0 Å². The summed E-state index contributed by atoms with van der Waals surface area (Å²) >= 11 is 0. The van der Waals surface area contributed by atoms with Crippen molar-refractivity contribution < 1.29 is 13.2 Å². The van der Waals surface area contributed by atoms with Crippen LogP contribution in [0.2, 0.25) is 0 Å². The normalized spacial score (nSPS) is 15.4. The molecule has 1 atom stereocenters. The average Bonchev–Trinajstić information content (AvgIpc) is 3.29. The number of aromatic nitrogens is 2. The van der Waals surface area contributed by atoms with Crippen molar-refractivity contribution in [3.05, 3.63) is 102 Å². The predicted molar refractivity (Wildman–Crippen MR) is 129 cm³/mol. The summed E-state index contributed by atoms with van der Waals surface area (Å²) in [5, 5.41) is 5.37. The highest BCUT2D eigenvalue weighted by atomic mass is 32.2. The van der Waals surface area contributed by atoms with Gasteiger partial charge in [0.1, 0.15) is 23.8 Å². The van der Waals surface area contributed by atoms with Gasteiger partial charge in [-0.15, -0.1) is 0 Å². The van der Waals surface area contributed by atoms with Crippen LogP contribution in [-0.2, 0) is 16.6 Å². The first-order chi connectivity index (χ1) is 16.4. The monoisotopic (exact) mass is 471 g/mol. The molecule has 1 aliphatic heterocycles. The van der Waals surface area contributed by atoms with Crippen molar-refractivity contribution >= 4 is 22.0 Å². The Hall–Kier alpha value is -3.92. The number of imidazole rings is 1. The summed E-state index contributed by atoms with van der Waals surface area (Å²) in [6.45, 7) is 0.393. The highest BCUT2D eigenvalue weighted by Gasteiger charge is 2.31. The third kappa shape index (κ3) is 3.86. The number of hydrogen-bond donors (Lipinski definition) is 2. The largest absolute Gasteiger partial charge is 0.326 e. The van der Waals surface area contributed by atoms with Crippen LogP contribution in [0.15, 0.2) is 89.0 Å². The maximum Gasteiger partial charge on any atom is 0.238 e. The van der Waals surface area contributed by atoms with E-state index in [4.69, 9.17) is 10.9 Å². The smallest absolute Gasteiger partial charge is 0.238 e. The maximum absolute atomic E-state index is 13.5. The second-order valence-electron chi connectivity index (χ2n) is 7.93. The van der Waals surface area contributed by atoms with Crippen LogP contribution in [-0.4, -0.2) is 30.0 Å². The second kappa shape index (κ2) is 8.45. The Labute approximate surface area is 196 Å². The van der Waals surface area contributed by atoms with E-state index in [1.54, 1.807) is 59.6 Å². The van der Waals surface area contributed by atoms with E-state index in [0.717, 1.165) is 11.3 Å². The molecule has 170 valence electrons. The van der Waals surface area contributed by atoms with Crippen molar-refractivity contribution in [3.8, 4) is 16.8 Å². The van der Waals surface area contributed by atoms with Crippen molar-refractivity contribution in [1.82, 2.24) is 9.55 Å². The summed E-state index contributed by atoms with van der Waals surface area (Å²) in [5.74, 6) is -0.175. The summed E-state index contributed by atoms with van der Waals surface area (Å²) in [6, 6.07) is 20.5. The van der Waals surface area contributed by atoms with E-state index in [9.17, 15) is 13.2 Å². The molecule has 0 amide bonds. The molecule has 2 heterocycles. The Kier molecular flexibility index (Phi) is 5.45. The molecule has 0 radical (unpaired) electrons. The van der Waals surface area contributed by atoms with E-state index in [1.807, 2.05) is 24.3 Å². The second-order valence-corrected chi connectivity index (χ2v) is 9.46. The highest BCUT2D eigenvalue weighted by molar-refractivity contribution is 7.89. The highest BCUT2D eigenvalue weighted by Crippen LogP contribution is 2.32. The van der Waals surface area contributed by atoms with Crippen LogP contribution >= 0.6 is 0 Å². The van der Waals surface area contributed by atoms with Gasteiger partial charge in [-0.1, -0.05) is 54.6 Å². The molecule has 0 spiro atoms. The number of carbonyl (C=O) groups excluding carboxylic acids is 1. The number of sulfonamides is 1. The number of benzene rings is 3. The fourth-order valence-electron chi connectivity index (χ4n) is 4.11. The lowest BCUT2D eigenvalue weighted by atomic mass is 9.95. The number of hydrogen-bond acceptors (Lipinski definition) is 6. The van der Waals surface area contributed by atoms with E-state index in [0.29, 0.717) is 34.6 Å². The van der Waals surface area contributed by atoms with E-state index >= 15 is 0 Å². The van der Waals surface area contributed by atoms with Gasteiger partial charge >= 0.3 is 0 Å². The molecule has 1 aromatic heterocycles. The number of carbonyl (C=O) groups is 1. The standard InChI is InChI=1S/C25H21N5O3S/c26-13-16-4-3-5-19(12-16)30-15-29-21-14-28-23(25(31)24(21)30)18-10-8-17(9-11-18)20-6-1-2-7-22(20)34(27,32)33/h1-12,14-15,23H,13,26H2,(H2,27,32,33). The van der Waals surface area contributed by atoms with Gasteiger partial charge < -0.3 is 5.73 Å². The molecule has 5 rings (SSSR count). The van der Waals surface area contributed by atoms with Crippen molar-refractivity contribution in [1.29, 1.82) is 0 Å². The quantitative estimate of drug-likeness (QED) is 0.462. The molecule has 1 unspecified atom stereocenters. The Morgan fingerprint density at radius 2 is 1.74 bits per heavy atom. The zero-order chi connectivity index (χ0) is 23.9. The molecule has 0 saturated heterocycles. The number of Topliss-reactive ketones (excluding diaryl/α,β-unsaturated/α-hetero) is 1. The first kappa shape index (κ1) is 21.9. The molecule has 3 aromatic carbocycles. The first-order valence-corrected chi connectivity index (χ1v) is 12.1. The number of ketones is 1. The molecule has 0 aliphatic carbocycles. The molecule has 4 aromatic rings. The minimum atomic E-state index is -3.88. The number of aliphatic imine (C=N–C) groups is 1. The molecule has 0 saturated carbocycles. The van der Waals surface area contributed by atoms with Crippen LogP contribution in [0.5, 0.6) is 0 Å². The molecule has 0 bridgehead atoms. The van der Waals surface area contributed by atoms with Gasteiger partial charge in [-0.3, -0.25) is 14.4 Å². The molecule has 9 heteroatoms. The van der Waals surface area contributed by atoms with Gasteiger partial charge in [0.15, 0.2) is 0 Å². The number of primary sulfonamides is 1. The Morgan fingerprint density at radius 3 is 2.47 bits per heavy atom. The summed E-state index contributed by atoms with van der Waals surface area (Å²) in [5.41, 5.74) is 10.3. The van der Waals surface area contributed by atoms with Gasteiger partial charge in [0.2, 0.25) is 15.8 Å². The van der Waals surface area contributed by atoms with Crippen molar-refractivity contribution in [2.45, 2.75) is 17.5 Å². The number of nitrogens with two attached hydrogens (primary N) is 2. The Balaban J connectivity index is 1.49. The third-order valence-electron chi connectivity index (χ3n) is 5.78. The molecular weight excluding hydrogens is 450 g/mol. The van der Waals surface area contributed by atoms with Crippen LogP contribution in [0.1, 0.15) is 33.4 Å². The summed E-state index contributed by atoms with van der Waals surface area (Å²) < 4.78 is 25.7. The molecular formula is C25H21N5O3S. The SMILES string of the molecule is NCc1cccc(-n2cnc3c2C(=O)C(c2ccc(-c4ccccc4S(N)(=O)=O)cc2)N=C3)c1. The topological polar surface area (TPSA) is 133 Å². The van der Waals surface area contributed by atoms with Crippen molar-refractivity contribution in [3.63, 3.8) is 0 Å². The van der Waals surface area contributed by atoms with E-state index < -0.39 is 16.1 Å². The van der Waals surface area contributed by atoms with Crippen LogP contribution in [0.4, 0.5) is 0 Å². The fourth-order valence-corrected chi connectivity index (χ4v) is 4.87. The Bertz CT molecular complexity index is 1540. The number of rotatable bonds is 5. The van der Waals surface area contributed by atoms with Crippen molar-refractivity contribution in [2.24, 2.45) is 15.9 Å². The van der Waals surface area contributed by atoms with Gasteiger partial charge in [-0.05, 0) is 34.9 Å². The number of nitrogens with zero attached hydrogens (tertiary/aromatic N) is 3. The summed E-state index contributed by atoms with van der Waals surface area (Å²) in [4.78, 5) is 22.3. The lowest BCUT2D eigenvalue weighted by molar-refractivity contribution is 0.0953. The number of fused-ring (bicyclic) bond motifs is 1. The molecule has 4 N–H and O–H groups in total. The third-order valence-corrected chi connectivity index (χ3v) is 6.75.